The van der Waals surface area contributed by atoms with E-state index in [1.54, 1.807) is 0 Å². The van der Waals surface area contributed by atoms with Gasteiger partial charge in [-0.3, -0.25) is 4.79 Å². The van der Waals surface area contributed by atoms with Gasteiger partial charge in [-0.1, -0.05) is 48.5 Å². The molecule has 0 bridgehead atoms. The zero-order valence-electron chi connectivity index (χ0n) is 18.0. The zero-order chi connectivity index (χ0) is 21.6. The standard InChI is InChI=1S/C27H27NO3/c1-20-13-14-21(2)27(17-20)30-16-8-15-28-18-24(23-11-6-7-12-25(23)28)26(29)19-31-22-9-4-3-5-10-22/h3-7,9-14,17-18H,8,15-16,19H2,1-2H3. The van der Waals surface area contributed by atoms with Gasteiger partial charge in [0.2, 0.25) is 5.78 Å². The van der Waals surface area contributed by atoms with E-state index >= 15 is 0 Å². The summed E-state index contributed by atoms with van der Waals surface area (Å²) in [6, 6.07) is 23.7. The molecule has 0 amide bonds. The van der Waals surface area contributed by atoms with Crippen LogP contribution in [-0.2, 0) is 6.54 Å². The molecule has 4 nitrogen and oxygen atoms in total. The van der Waals surface area contributed by atoms with E-state index < -0.39 is 0 Å². The van der Waals surface area contributed by atoms with Crippen LogP contribution < -0.4 is 9.47 Å². The first-order valence-electron chi connectivity index (χ1n) is 10.6. The van der Waals surface area contributed by atoms with Gasteiger partial charge in [0.25, 0.3) is 0 Å². The van der Waals surface area contributed by atoms with Gasteiger partial charge in [-0.2, -0.15) is 0 Å². The quantitative estimate of drug-likeness (QED) is 0.250. The Bertz CT molecular complexity index is 1180. The zero-order valence-corrected chi connectivity index (χ0v) is 18.0. The van der Waals surface area contributed by atoms with Crippen LogP contribution in [0.25, 0.3) is 10.9 Å². The maximum absolute atomic E-state index is 12.9. The van der Waals surface area contributed by atoms with Gasteiger partial charge >= 0.3 is 0 Å². The van der Waals surface area contributed by atoms with E-state index in [4.69, 9.17) is 9.47 Å². The molecule has 0 atom stereocenters. The molecular weight excluding hydrogens is 386 g/mol. The average Bonchev–Trinajstić information content (AvgIpc) is 3.17. The molecule has 0 N–H and O–H groups in total. The lowest BCUT2D eigenvalue weighted by atomic mass is 10.1. The number of aromatic nitrogens is 1. The summed E-state index contributed by atoms with van der Waals surface area (Å²) >= 11 is 0. The Hall–Kier alpha value is -3.53. The van der Waals surface area contributed by atoms with Crippen molar-refractivity contribution in [3.8, 4) is 11.5 Å². The van der Waals surface area contributed by atoms with E-state index in [9.17, 15) is 4.79 Å². The Kier molecular flexibility index (Phi) is 6.37. The molecule has 0 aliphatic carbocycles. The van der Waals surface area contributed by atoms with Crippen LogP contribution in [0.15, 0.2) is 79.0 Å². The number of hydrogen-bond donors (Lipinski definition) is 0. The van der Waals surface area contributed by atoms with E-state index in [0.29, 0.717) is 17.9 Å². The van der Waals surface area contributed by atoms with Crippen molar-refractivity contribution < 1.29 is 14.3 Å². The van der Waals surface area contributed by atoms with Crippen LogP contribution in [0.4, 0.5) is 0 Å². The number of ketones is 1. The second kappa shape index (κ2) is 9.52. The van der Waals surface area contributed by atoms with Gasteiger partial charge in [-0.15, -0.1) is 0 Å². The number of aryl methyl sites for hydroxylation is 3. The molecule has 0 radical (unpaired) electrons. The minimum atomic E-state index is -0.0227. The highest BCUT2D eigenvalue weighted by atomic mass is 16.5. The number of hydrogen-bond acceptors (Lipinski definition) is 3. The number of rotatable bonds is 9. The molecule has 1 heterocycles. The van der Waals surface area contributed by atoms with E-state index in [2.05, 4.69) is 42.7 Å². The minimum Gasteiger partial charge on any atom is -0.493 e. The van der Waals surface area contributed by atoms with Crippen molar-refractivity contribution in [1.82, 2.24) is 4.57 Å². The van der Waals surface area contributed by atoms with Gasteiger partial charge in [0.1, 0.15) is 11.5 Å². The van der Waals surface area contributed by atoms with E-state index in [1.807, 2.05) is 54.7 Å². The molecule has 1 aromatic heterocycles. The second-order valence-electron chi connectivity index (χ2n) is 7.75. The average molecular weight is 414 g/mol. The number of benzene rings is 3. The summed E-state index contributed by atoms with van der Waals surface area (Å²) in [5.74, 6) is 1.61. The summed E-state index contributed by atoms with van der Waals surface area (Å²) in [4.78, 5) is 12.9. The SMILES string of the molecule is Cc1ccc(C)c(OCCCn2cc(C(=O)COc3ccccc3)c3ccccc32)c1. The minimum absolute atomic E-state index is 0.0216. The lowest BCUT2D eigenvalue weighted by Crippen LogP contribution is -2.11. The maximum Gasteiger partial charge on any atom is 0.202 e. The van der Waals surface area contributed by atoms with Crippen LogP contribution in [0.5, 0.6) is 11.5 Å². The number of nitrogens with zero attached hydrogens (tertiary/aromatic N) is 1. The number of para-hydroxylation sites is 2. The Morgan fingerprint density at radius 1 is 0.903 bits per heavy atom. The van der Waals surface area contributed by atoms with Crippen molar-refractivity contribution in [1.29, 1.82) is 0 Å². The van der Waals surface area contributed by atoms with Crippen LogP contribution in [-0.4, -0.2) is 23.6 Å². The van der Waals surface area contributed by atoms with Crippen LogP contribution in [0.3, 0.4) is 0 Å². The van der Waals surface area contributed by atoms with Gasteiger partial charge in [0, 0.05) is 29.2 Å². The molecule has 0 fully saturated rings. The molecule has 0 saturated carbocycles. The summed E-state index contributed by atoms with van der Waals surface area (Å²) in [6.45, 7) is 5.55. The monoisotopic (exact) mass is 413 g/mol. The molecule has 0 aliphatic heterocycles. The van der Waals surface area contributed by atoms with Crippen molar-refractivity contribution >= 4 is 16.7 Å². The molecule has 0 saturated heterocycles. The van der Waals surface area contributed by atoms with Crippen molar-refractivity contribution in [2.75, 3.05) is 13.2 Å². The third kappa shape index (κ3) is 4.97. The molecule has 4 rings (SSSR count). The maximum atomic E-state index is 12.9. The lowest BCUT2D eigenvalue weighted by molar-refractivity contribution is 0.0923. The first-order chi connectivity index (χ1) is 15.1. The van der Waals surface area contributed by atoms with E-state index in [-0.39, 0.29) is 12.4 Å². The van der Waals surface area contributed by atoms with Crippen LogP contribution in [0, 0.1) is 13.8 Å². The molecule has 0 aliphatic rings. The Labute approximate surface area is 183 Å². The van der Waals surface area contributed by atoms with Gasteiger partial charge in [0.15, 0.2) is 6.61 Å². The molecule has 4 heteroatoms. The summed E-state index contributed by atoms with van der Waals surface area (Å²) in [6.07, 6.45) is 2.79. The van der Waals surface area contributed by atoms with Crippen molar-refractivity contribution in [3.63, 3.8) is 0 Å². The fourth-order valence-electron chi connectivity index (χ4n) is 3.68. The summed E-state index contributed by atoms with van der Waals surface area (Å²) in [7, 11) is 0. The van der Waals surface area contributed by atoms with Crippen LogP contribution in [0.1, 0.15) is 27.9 Å². The van der Waals surface area contributed by atoms with Gasteiger partial charge in [-0.25, -0.2) is 0 Å². The van der Waals surface area contributed by atoms with Crippen molar-refractivity contribution in [2.24, 2.45) is 0 Å². The predicted molar refractivity (Wildman–Crippen MR) is 124 cm³/mol. The first-order valence-corrected chi connectivity index (χ1v) is 10.6. The van der Waals surface area contributed by atoms with Crippen LogP contribution >= 0.6 is 0 Å². The summed E-state index contributed by atoms with van der Waals surface area (Å²) in [5, 5.41) is 0.958. The predicted octanol–water partition coefficient (Wildman–Crippen LogP) is 5.99. The third-order valence-electron chi connectivity index (χ3n) is 5.35. The van der Waals surface area contributed by atoms with Crippen molar-refractivity contribution in [2.45, 2.75) is 26.8 Å². The number of fused-ring (bicyclic) bond motifs is 1. The smallest absolute Gasteiger partial charge is 0.202 e. The first kappa shape index (κ1) is 20.7. The number of Topliss-reactive ketones (excluding diaryl/α,β-unsaturated/α-hetero) is 1. The van der Waals surface area contributed by atoms with Gasteiger partial charge < -0.3 is 14.0 Å². The highest BCUT2D eigenvalue weighted by Crippen LogP contribution is 2.23. The molecule has 158 valence electrons. The van der Waals surface area contributed by atoms with Gasteiger partial charge in [0.05, 0.1) is 6.61 Å². The Morgan fingerprint density at radius 2 is 1.68 bits per heavy atom. The summed E-state index contributed by atoms with van der Waals surface area (Å²) < 4.78 is 13.8. The normalized spacial score (nSPS) is 10.9. The Morgan fingerprint density at radius 3 is 2.52 bits per heavy atom. The van der Waals surface area contributed by atoms with Crippen LogP contribution in [0.2, 0.25) is 0 Å². The fraction of sp³-hybridized carbons (Fsp3) is 0.222. The molecular formula is C27H27NO3. The molecule has 0 spiro atoms. The highest BCUT2D eigenvalue weighted by Gasteiger charge is 2.15. The molecule has 31 heavy (non-hydrogen) atoms. The van der Waals surface area contributed by atoms with E-state index in [0.717, 1.165) is 35.2 Å². The number of carbonyl (C=O) groups is 1. The third-order valence-corrected chi connectivity index (χ3v) is 5.35. The summed E-state index contributed by atoms with van der Waals surface area (Å²) in [5.41, 5.74) is 4.08. The molecule has 0 unspecified atom stereocenters. The fourth-order valence-corrected chi connectivity index (χ4v) is 3.68. The largest absolute Gasteiger partial charge is 0.493 e. The van der Waals surface area contributed by atoms with Gasteiger partial charge in [-0.05, 0) is 55.7 Å². The second-order valence-corrected chi connectivity index (χ2v) is 7.75. The molecule has 4 aromatic rings. The number of ether oxygens (including phenoxy) is 2. The van der Waals surface area contributed by atoms with E-state index in [1.165, 1.54) is 5.56 Å². The Balaban J connectivity index is 1.42. The topological polar surface area (TPSA) is 40.5 Å². The number of carbonyl (C=O) groups excluding carboxylic acids is 1. The highest BCUT2D eigenvalue weighted by molar-refractivity contribution is 6.08. The van der Waals surface area contributed by atoms with Crippen molar-refractivity contribution in [3.05, 3.63) is 95.7 Å². The lowest BCUT2D eigenvalue weighted by Gasteiger charge is -2.10. The molecule has 3 aromatic carbocycles.